The molecule has 0 spiro atoms. The fourth-order valence-electron chi connectivity index (χ4n) is 2.61. The van der Waals surface area contributed by atoms with Gasteiger partial charge >= 0.3 is 11.7 Å². The van der Waals surface area contributed by atoms with Gasteiger partial charge in [0.25, 0.3) is 13.7 Å². The zero-order valence-corrected chi connectivity index (χ0v) is 17.4. The van der Waals surface area contributed by atoms with Gasteiger partial charge in [0.15, 0.2) is 12.4 Å². The van der Waals surface area contributed by atoms with Crippen LogP contribution in [0.15, 0.2) is 15.8 Å². The van der Waals surface area contributed by atoms with Crippen molar-refractivity contribution in [2.24, 2.45) is 0 Å². The first-order chi connectivity index (χ1) is 13.5. The Labute approximate surface area is 166 Å². The van der Waals surface area contributed by atoms with E-state index < -0.39 is 62.7 Å². The first-order valence-corrected chi connectivity index (χ1v) is 10.3. The number of halogens is 1. The number of nitrogens with zero attached hydrogens (tertiary/aromatic N) is 1. The highest BCUT2D eigenvalue weighted by Crippen LogP contribution is 2.32. The molecule has 1 fully saturated rings. The second-order valence-corrected chi connectivity index (χ2v) is 8.08. The van der Waals surface area contributed by atoms with Gasteiger partial charge in [-0.05, 0) is 27.7 Å². The molecule has 1 aromatic heterocycles. The molecule has 6 atom stereocenters. The van der Waals surface area contributed by atoms with Gasteiger partial charge in [0.1, 0.15) is 18.2 Å². The second kappa shape index (κ2) is 9.77. The average Bonchev–Trinajstić information content (AvgIpc) is 2.90. The van der Waals surface area contributed by atoms with Crippen molar-refractivity contribution in [2.75, 3.05) is 6.61 Å². The van der Waals surface area contributed by atoms with Crippen LogP contribution in [0, 0.1) is 6.92 Å². The van der Waals surface area contributed by atoms with Crippen molar-refractivity contribution in [3.63, 3.8) is 0 Å². The van der Waals surface area contributed by atoms with Crippen LogP contribution >= 0.6 is 8.18 Å². The zero-order valence-electron chi connectivity index (χ0n) is 16.4. The molecule has 0 aromatic carbocycles. The molecule has 164 valence electrons. The SMILES string of the molecule is Cc1cn([C@H]2O[C@@H](CO[P@H](=O)NC(C)C(=O)OC(C)C)C(O)C2F)c(=O)[nH]c1=O. The van der Waals surface area contributed by atoms with Crippen LogP contribution in [0.3, 0.4) is 0 Å². The Kier molecular flexibility index (Phi) is 7.89. The third-order valence-electron chi connectivity index (χ3n) is 4.13. The number of aryl methyl sites for hydroxylation is 1. The number of alkyl halides is 1. The van der Waals surface area contributed by atoms with E-state index in [0.717, 1.165) is 10.8 Å². The summed E-state index contributed by atoms with van der Waals surface area (Å²) in [4.78, 5) is 37.1. The highest BCUT2D eigenvalue weighted by atomic mass is 31.1. The second-order valence-electron chi connectivity index (χ2n) is 6.93. The molecule has 29 heavy (non-hydrogen) atoms. The summed E-state index contributed by atoms with van der Waals surface area (Å²) in [6.45, 7) is 5.75. The van der Waals surface area contributed by atoms with Gasteiger partial charge in [0.05, 0.1) is 12.7 Å². The minimum absolute atomic E-state index is 0.158. The standard InChI is InChI=1S/C16H25FN3O8P/c1-7(2)27-15(23)9(4)19-29(25)26-6-10-12(21)11(17)14(28-10)20-5-8(3)13(22)18-16(20)24/h5,7,9-12,14,21,29H,6H2,1-4H3,(H,19,25)(H,18,22,24)/t9?,10-,11?,12?,14-/m0/s1. The Balaban J connectivity index is 1.97. The van der Waals surface area contributed by atoms with E-state index >= 15 is 0 Å². The van der Waals surface area contributed by atoms with E-state index in [9.17, 15) is 28.4 Å². The van der Waals surface area contributed by atoms with Gasteiger partial charge in [-0.1, -0.05) is 0 Å². The number of nitrogens with one attached hydrogen (secondary N) is 2. The van der Waals surface area contributed by atoms with Crippen LogP contribution in [0.25, 0.3) is 0 Å². The quantitative estimate of drug-likeness (QED) is 0.371. The number of aromatic nitrogens is 2. The molecule has 2 heterocycles. The number of esters is 1. The molecule has 3 unspecified atom stereocenters. The van der Waals surface area contributed by atoms with Crippen molar-refractivity contribution in [3.05, 3.63) is 32.6 Å². The fraction of sp³-hybridized carbons (Fsp3) is 0.688. The molecule has 0 radical (unpaired) electrons. The predicted molar refractivity (Wildman–Crippen MR) is 99.7 cm³/mol. The zero-order chi connectivity index (χ0) is 21.9. The lowest BCUT2D eigenvalue weighted by Gasteiger charge is -2.18. The van der Waals surface area contributed by atoms with Crippen molar-refractivity contribution in [2.45, 2.75) is 64.4 Å². The van der Waals surface area contributed by atoms with Crippen molar-refractivity contribution in [3.8, 4) is 0 Å². The first-order valence-electron chi connectivity index (χ1n) is 8.94. The summed E-state index contributed by atoms with van der Waals surface area (Å²) in [6, 6.07) is -0.900. The fourth-order valence-corrected chi connectivity index (χ4v) is 3.48. The van der Waals surface area contributed by atoms with Crippen molar-refractivity contribution >= 4 is 14.1 Å². The molecular formula is C16H25FN3O8P. The molecule has 11 nitrogen and oxygen atoms in total. The van der Waals surface area contributed by atoms with Gasteiger partial charge in [-0.15, -0.1) is 0 Å². The summed E-state index contributed by atoms with van der Waals surface area (Å²) in [5.74, 6) is -0.615. The van der Waals surface area contributed by atoms with E-state index in [1.807, 2.05) is 4.98 Å². The molecule has 13 heteroatoms. The summed E-state index contributed by atoms with van der Waals surface area (Å²) in [5, 5.41) is 12.5. The first kappa shape index (κ1) is 23.4. The van der Waals surface area contributed by atoms with Crippen molar-refractivity contribution in [1.29, 1.82) is 0 Å². The van der Waals surface area contributed by atoms with E-state index in [1.54, 1.807) is 13.8 Å². The van der Waals surface area contributed by atoms with Crippen LogP contribution < -0.4 is 16.3 Å². The van der Waals surface area contributed by atoms with E-state index in [4.69, 9.17) is 14.0 Å². The number of carbonyl (C=O) groups is 1. The molecule has 1 aromatic rings. The number of aliphatic hydroxyl groups excluding tert-OH is 1. The van der Waals surface area contributed by atoms with Crippen LogP contribution in [0.4, 0.5) is 4.39 Å². The number of carbonyl (C=O) groups excluding carboxylic acids is 1. The molecule has 0 aliphatic carbocycles. The minimum Gasteiger partial charge on any atom is -0.462 e. The van der Waals surface area contributed by atoms with Gasteiger partial charge in [-0.25, -0.2) is 14.3 Å². The van der Waals surface area contributed by atoms with Crippen LogP contribution in [0.1, 0.15) is 32.6 Å². The van der Waals surface area contributed by atoms with E-state index in [1.165, 1.54) is 13.8 Å². The Morgan fingerprint density at radius 1 is 1.45 bits per heavy atom. The third kappa shape index (κ3) is 5.83. The van der Waals surface area contributed by atoms with Crippen molar-refractivity contribution < 1.29 is 32.9 Å². The molecule has 1 aliphatic rings. The number of aromatic amines is 1. The van der Waals surface area contributed by atoms with E-state index in [0.29, 0.717) is 0 Å². The van der Waals surface area contributed by atoms with Crippen LogP contribution in [0.5, 0.6) is 0 Å². The largest absolute Gasteiger partial charge is 0.462 e. The monoisotopic (exact) mass is 437 g/mol. The maximum absolute atomic E-state index is 14.5. The lowest BCUT2D eigenvalue weighted by molar-refractivity contribution is -0.149. The average molecular weight is 437 g/mol. The van der Waals surface area contributed by atoms with E-state index in [2.05, 4.69) is 5.09 Å². The highest BCUT2D eigenvalue weighted by Gasteiger charge is 2.46. The van der Waals surface area contributed by atoms with Gasteiger partial charge in [-0.2, -0.15) is 0 Å². The maximum Gasteiger partial charge on any atom is 0.330 e. The Morgan fingerprint density at radius 3 is 2.72 bits per heavy atom. The summed E-state index contributed by atoms with van der Waals surface area (Å²) < 4.78 is 42.7. The number of hydrogen-bond acceptors (Lipinski definition) is 8. The van der Waals surface area contributed by atoms with E-state index in [-0.39, 0.29) is 11.7 Å². The number of H-pyrrole nitrogens is 1. The van der Waals surface area contributed by atoms with Crippen LogP contribution in [-0.4, -0.2) is 57.8 Å². The van der Waals surface area contributed by atoms with Crippen molar-refractivity contribution in [1.82, 2.24) is 14.6 Å². The summed E-state index contributed by atoms with van der Waals surface area (Å²) in [5.41, 5.74) is -1.35. The number of ether oxygens (including phenoxy) is 2. The van der Waals surface area contributed by atoms with Crippen LogP contribution in [-0.2, 0) is 23.4 Å². The molecule has 1 aliphatic heterocycles. The summed E-state index contributed by atoms with van der Waals surface area (Å²) >= 11 is 0. The molecule has 0 amide bonds. The number of rotatable bonds is 8. The normalized spacial score (nSPS) is 26.4. The Hall–Kier alpha value is -1.85. The lowest BCUT2D eigenvalue weighted by Crippen LogP contribution is -2.36. The predicted octanol–water partition coefficient (Wildman–Crippen LogP) is -0.223. The van der Waals surface area contributed by atoms with Gasteiger partial charge in [0, 0.05) is 11.8 Å². The summed E-state index contributed by atoms with van der Waals surface area (Å²) in [6.07, 6.45) is -5.56. The molecule has 2 rings (SSSR count). The topological polar surface area (TPSA) is 149 Å². The molecule has 3 N–H and O–H groups in total. The van der Waals surface area contributed by atoms with Gasteiger partial charge < -0.3 is 19.1 Å². The van der Waals surface area contributed by atoms with Gasteiger partial charge in [-0.3, -0.25) is 23.7 Å². The maximum atomic E-state index is 14.5. The number of hydrogen-bond donors (Lipinski definition) is 3. The Bertz CT molecular complexity index is 872. The number of aliphatic hydroxyl groups is 1. The Morgan fingerprint density at radius 2 is 2.10 bits per heavy atom. The highest BCUT2D eigenvalue weighted by molar-refractivity contribution is 7.36. The minimum atomic E-state index is -2.93. The van der Waals surface area contributed by atoms with Crippen LogP contribution in [0.2, 0.25) is 0 Å². The molecule has 0 bridgehead atoms. The molecule has 1 saturated heterocycles. The summed E-state index contributed by atoms with van der Waals surface area (Å²) in [7, 11) is -2.93. The molecule has 0 saturated carbocycles. The molecular weight excluding hydrogens is 412 g/mol. The smallest absolute Gasteiger partial charge is 0.330 e. The van der Waals surface area contributed by atoms with Gasteiger partial charge in [0.2, 0.25) is 0 Å². The lowest BCUT2D eigenvalue weighted by atomic mass is 10.1. The third-order valence-corrected chi connectivity index (χ3v) is 5.23.